The van der Waals surface area contributed by atoms with Crippen LogP contribution in [-0.2, 0) is 11.2 Å². The Balaban J connectivity index is 1.24. The number of carbonyl (C=O) groups excluding carboxylic acids is 1. The van der Waals surface area contributed by atoms with Crippen molar-refractivity contribution in [3.63, 3.8) is 0 Å². The number of benzene rings is 2. The molecule has 0 atom stereocenters. The van der Waals surface area contributed by atoms with E-state index in [1.54, 1.807) is 36.7 Å². The van der Waals surface area contributed by atoms with E-state index in [0.29, 0.717) is 34.5 Å². The van der Waals surface area contributed by atoms with E-state index in [0.717, 1.165) is 48.5 Å². The van der Waals surface area contributed by atoms with Crippen LogP contribution in [-0.4, -0.2) is 63.7 Å². The quantitative estimate of drug-likeness (QED) is 0.420. The second-order valence-corrected chi connectivity index (χ2v) is 9.20. The monoisotopic (exact) mass is 507 g/mol. The van der Waals surface area contributed by atoms with Crippen molar-refractivity contribution >= 4 is 51.4 Å². The van der Waals surface area contributed by atoms with Crippen LogP contribution in [0.5, 0.6) is 0 Å². The van der Waals surface area contributed by atoms with Gasteiger partial charge in [0.25, 0.3) is 0 Å². The Morgan fingerprint density at radius 3 is 2.29 bits per heavy atom. The largest absolute Gasteiger partial charge is 0.352 e. The first kappa shape index (κ1) is 23.4. The molecule has 5 rings (SSSR count). The maximum absolute atomic E-state index is 12.5. The maximum Gasteiger partial charge on any atom is 0.238 e. The normalized spacial score (nSPS) is 14.3. The van der Waals surface area contributed by atoms with Crippen molar-refractivity contribution in [3.8, 4) is 0 Å². The second kappa shape index (κ2) is 10.5. The van der Waals surface area contributed by atoms with Gasteiger partial charge in [0, 0.05) is 65.1 Å². The zero-order chi connectivity index (χ0) is 24.2. The third-order valence-electron chi connectivity index (χ3n) is 5.87. The SMILES string of the molecule is O=C(CN1CCN(c2nnc(Cc3ncccn3)c3ccccc23)CC1)Nc1cc(Cl)cc(Cl)c1. The average molecular weight is 508 g/mol. The van der Waals surface area contributed by atoms with Crippen molar-refractivity contribution in [1.29, 1.82) is 0 Å². The van der Waals surface area contributed by atoms with E-state index < -0.39 is 0 Å². The number of fused-ring (bicyclic) bond motifs is 1. The molecule has 1 saturated heterocycles. The summed E-state index contributed by atoms with van der Waals surface area (Å²) in [5.41, 5.74) is 1.45. The molecule has 3 heterocycles. The molecule has 0 radical (unpaired) electrons. The van der Waals surface area contributed by atoms with Gasteiger partial charge in [0.05, 0.1) is 18.7 Å². The Hall–Kier alpha value is -3.33. The fourth-order valence-corrected chi connectivity index (χ4v) is 4.75. The lowest BCUT2D eigenvalue weighted by Gasteiger charge is -2.35. The predicted octanol–water partition coefficient (Wildman–Crippen LogP) is 4.08. The molecule has 0 bridgehead atoms. The molecule has 0 saturated carbocycles. The van der Waals surface area contributed by atoms with Crippen LogP contribution in [0.2, 0.25) is 10.0 Å². The second-order valence-electron chi connectivity index (χ2n) is 8.33. The van der Waals surface area contributed by atoms with Crippen molar-refractivity contribution in [1.82, 2.24) is 25.1 Å². The van der Waals surface area contributed by atoms with E-state index in [-0.39, 0.29) is 5.91 Å². The van der Waals surface area contributed by atoms with Gasteiger partial charge >= 0.3 is 0 Å². The van der Waals surface area contributed by atoms with Crippen LogP contribution in [0.4, 0.5) is 11.5 Å². The van der Waals surface area contributed by atoms with Crippen LogP contribution in [0.3, 0.4) is 0 Å². The molecule has 1 fully saturated rings. The molecule has 4 aromatic rings. The van der Waals surface area contributed by atoms with Gasteiger partial charge < -0.3 is 10.2 Å². The standard InChI is InChI=1S/C25H23Cl2N7O/c26-17-12-18(27)14-19(13-17)30-24(35)16-33-8-10-34(11-9-33)25-21-5-2-1-4-20(21)22(31-32-25)15-23-28-6-3-7-29-23/h1-7,12-14H,8-11,15-16H2,(H,30,35). The Morgan fingerprint density at radius 1 is 0.886 bits per heavy atom. The van der Waals surface area contributed by atoms with Crippen molar-refractivity contribution in [2.45, 2.75) is 6.42 Å². The number of nitrogens with one attached hydrogen (secondary N) is 1. The summed E-state index contributed by atoms with van der Waals surface area (Å²) in [5.74, 6) is 1.47. The van der Waals surface area contributed by atoms with Crippen LogP contribution in [0.1, 0.15) is 11.5 Å². The summed E-state index contributed by atoms with van der Waals surface area (Å²) in [6.07, 6.45) is 3.99. The number of anilines is 2. The lowest BCUT2D eigenvalue weighted by Crippen LogP contribution is -2.49. The molecule has 8 nitrogen and oxygen atoms in total. The van der Waals surface area contributed by atoms with Gasteiger partial charge in [0.15, 0.2) is 5.82 Å². The number of rotatable bonds is 6. The lowest BCUT2D eigenvalue weighted by atomic mass is 10.1. The van der Waals surface area contributed by atoms with Gasteiger partial charge in [-0.2, -0.15) is 5.10 Å². The number of amides is 1. The molecule has 1 N–H and O–H groups in total. The number of nitrogens with zero attached hydrogens (tertiary/aromatic N) is 6. The van der Waals surface area contributed by atoms with E-state index in [9.17, 15) is 4.79 Å². The third-order valence-corrected chi connectivity index (χ3v) is 6.31. The zero-order valence-electron chi connectivity index (χ0n) is 18.9. The Kier molecular flexibility index (Phi) is 7.03. The highest BCUT2D eigenvalue weighted by atomic mass is 35.5. The molecule has 178 valence electrons. The fourth-order valence-electron chi connectivity index (χ4n) is 4.23. The molecular formula is C25H23Cl2N7O. The van der Waals surface area contributed by atoms with Crippen LogP contribution >= 0.6 is 23.2 Å². The Labute approximate surface area is 212 Å². The number of hydrogen-bond donors (Lipinski definition) is 1. The average Bonchev–Trinajstić information content (AvgIpc) is 2.85. The van der Waals surface area contributed by atoms with Crippen LogP contribution in [0.15, 0.2) is 60.9 Å². The van der Waals surface area contributed by atoms with Gasteiger partial charge in [-0.15, -0.1) is 5.10 Å². The molecular weight excluding hydrogens is 485 g/mol. The van der Waals surface area contributed by atoms with Gasteiger partial charge in [-0.1, -0.05) is 47.5 Å². The van der Waals surface area contributed by atoms with Crippen LogP contribution < -0.4 is 10.2 Å². The molecule has 10 heteroatoms. The molecule has 1 aliphatic heterocycles. The smallest absolute Gasteiger partial charge is 0.238 e. The van der Waals surface area contributed by atoms with Gasteiger partial charge in [-0.25, -0.2) is 9.97 Å². The first-order chi connectivity index (χ1) is 17.0. The van der Waals surface area contributed by atoms with Gasteiger partial charge in [0.2, 0.25) is 5.91 Å². The molecule has 0 spiro atoms. The summed E-state index contributed by atoms with van der Waals surface area (Å²) in [5, 5.41) is 15.1. The summed E-state index contributed by atoms with van der Waals surface area (Å²) < 4.78 is 0. The molecule has 1 aliphatic rings. The lowest BCUT2D eigenvalue weighted by molar-refractivity contribution is -0.117. The number of hydrogen-bond acceptors (Lipinski definition) is 7. The van der Waals surface area contributed by atoms with E-state index in [1.165, 1.54) is 0 Å². The van der Waals surface area contributed by atoms with Crippen LogP contribution in [0, 0.1) is 0 Å². The van der Waals surface area contributed by atoms with Crippen molar-refractivity contribution in [2.75, 3.05) is 42.9 Å². The molecule has 0 unspecified atom stereocenters. The number of piperazine rings is 1. The van der Waals surface area contributed by atoms with Crippen molar-refractivity contribution in [2.24, 2.45) is 0 Å². The number of aromatic nitrogens is 4. The van der Waals surface area contributed by atoms with E-state index in [1.807, 2.05) is 12.1 Å². The molecule has 2 aromatic carbocycles. The molecule has 2 aromatic heterocycles. The highest BCUT2D eigenvalue weighted by Crippen LogP contribution is 2.27. The predicted molar refractivity (Wildman–Crippen MR) is 138 cm³/mol. The first-order valence-corrected chi connectivity index (χ1v) is 12.0. The van der Waals surface area contributed by atoms with E-state index >= 15 is 0 Å². The first-order valence-electron chi connectivity index (χ1n) is 11.3. The summed E-state index contributed by atoms with van der Waals surface area (Å²) in [4.78, 5) is 25.5. The topological polar surface area (TPSA) is 87.1 Å². The minimum atomic E-state index is -0.102. The summed E-state index contributed by atoms with van der Waals surface area (Å²) >= 11 is 12.0. The molecule has 35 heavy (non-hydrogen) atoms. The minimum absolute atomic E-state index is 0.102. The van der Waals surface area contributed by atoms with Gasteiger partial charge in [-0.3, -0.25) is 9.69 Å². The maximum atomic E-state index is 12.5. The van der Waals surface area contributed by atoms with Crippen LogP contribution in [0.25, 0.3) is 10.8 Å². The highest BCUT2D eigenvalue weighted by molar-refractivity contribution is 6.35. The van der Waals surface area contributed by atoms with Crippen molar-refractivity contribution < 1.29 is 4.79 Å². The number of halogens is 2. The Morgan fingerprint density at radius 2 is 1.57 bits per heavy atom. The van der Waals surface area contributed by atoms with E-state index in [4.69, 9.17) is 23.2 Å². The molecule has 1 amide bonds. The number of carbonyl (C=O) groups is 1. The fraction of sp³-hybridized carbons (Fsp3) is 0.240. The summed E-state index contributed by atoms with van der Waals surface area (Å²) in [6, 6.07) is 14.9. The minimum Gasteiger partial charge on any atom is -0.352 e. The van der Waals surface area contributed by atoms with Crippen molar-refractivity contribution in [3.05, 3.63) is 82.5 Å². The Bertz CT molecular complexity index is 1320. The zero-order valence-corrected chi connectivity index (χ0v) is 20.4. The highest BCUT2D eigenvalue weighted by Gasteiger charge is 2.22. The third kappa shape index (κ3) is 5.67. The van der Waals surface area contributed by atoms with E-state index in [2.05, 4.69) is 47.4 Å². The van der Waals surface area contributed by atoms with Gasteiger partial charge in [-0.05, 0) is 24.3 Å². The summed E-state index contributed by atoms with van der Waals surface area (Å²) in [6.45, 7) is 3.26. The van der Waals surface area contributed by atoms with Gasteiger partial charge in [0.1, 0.15) is 5.82 Å². The molecule has 0 aliphatic carbocycles. The summed E-state index contributed by atoms with van der Waals surface area (Å²) in [7, 11) is 0.